The first-order valence-electron chi connectivity index (χ1n) is 6.29. The molecule has 1 heterocycles. The van der Waals surface area contributed by atoms with Gasteiger partial charge in [0.25, 0.3) is 0 Å². The van der Waals surface area contributed by atoms with E-state index in [1.54, 1.807) is 0 Å². The summed E-state index contributed by atoms with van der Waals surface area (Å²) < 4.78 is 35.6. The maximum atomic E-state index is 13.0. The predicted octanol–water partition coefficient (Wildman–Crippen LogP) is 1.23. The van der Waals surface area contributed by atoms with Crippen molar-refractivity contribution >= 4 is 50.4 Å². The van der Waals surface area contributed by atoms with Crippen molar-refractivity contribution in [1.82, 2.24) is 10.9 Å². The van der Waals surface area contributed by atoms with Crippen molar-refractivity contribution in [2.45, 2.75) is 6.42 Å². The second kappa shape index (κ2) is 6.76. The molecule has 0 bridgehead atoms. The number of carbonyl (C=O) groups excluding carboxylic acids is 1. The van der Waals surface area contributed by atoms with Gasteiger partial charge in [-0.25, -0.2) is 12.8 Å². The van der Waals surface area contributed by atoms with Gasteiger partial charge in [0, 0.05) is 5.69 Å². The highest BCUT2D eigenvalue weighted by atomic mass is 35.5. The topological polar surface area (TPSA) is 87.3 Å². The fourth-order valence-corrected chi connectivity index (χ4v) is 4.05. The lowest BCUT2D eigenvalue weighted by Crippen LogP contribution is -2.46. The molecule has 0 aromatic heterocycles. The Kier molecular flexibility index (Phi) is 5.20. The number of benzene rings is 1. The number of hydrogen-bond acceptors (Lipinski definition) is 4. The molecule has 1 aromatic rings. The lowest BCUT2D eigenvalue weighted by atomic mass is 10.1. The lowest BCUT2D eigenvalue weighted by molar-refractivity contribution is -0.124. The van der Waals surface area contributed by atoms with Crippen LogP contribution in [-0.4, -0.2) is 30.9 Å². The second-order valence-corrected chi connectivity index (χ2v) is 7.84. The van der Waals surface area contributed by atoms with Gasteiger partial charge in [0.1, 0.15) is 5.82 Å². The Balaban J connectivity index is 1.82. The molecule has 3 N–H and O–H groups in total. The first kappa shape index (κ1) is 16.9. The number of thiocarbonyl (C=S) groups is 1. The average Bonchev–Trinajstić information content (AvgIpc) is 2.81. The molecule has 22 heavy (non-hydrogen) atoms. The summed E-state index contributed by atoms with van der Waals surface area (Å²) in [6, 6.07) is 3.95. The van der Waals surface area contributed by atoms with Crippen LogP contribution in [0.4, 0.5) is 10.1 Å². The molecule has 1 aromatic carbocycles. The van der Waals surface area contributed by atoms with Crippen molar-refractivity contribution in [3.8, 4) is 0 Å². The van der Waals surface area contributed by atoms with Crippen LogP contribution in [0.1, 0.15) is 6.42 Å². The molecule has 0 aliphatic carbocycles. The van der Waals surface area contributed by atoms with Crippen LogP contribution in [0.15, 0.2) is 18.2 Å². The third kappa shape index (κ3) is 4.52. The summed E-state index contributed by atoms with van der Waals surface area (Å²) in [5, 5.41) is 2.71. The fourth-order valence-electron chi connectivity index (χ4n) is 1.96. The minimum absolute atomic E-state index is 0.0157. The lowest BCUT2D eigenvalue weighted by Gasteiger charge is -2.14. The van der Waals surface area contributed by atoms with E-state index in [0.29, 0.717) is 12.1 Å². The SMILES string of the molecule is O=C(NNC(=S)Nc1ccc(F)c(Cl)c1)[C@H]1CCS(=O)(=O)C1. The van der Waals surface area contributed by atoms with Gasteiger partial charge < -0.3 is 5.32 Å². The van der Waals surface area contributed by atoms with Crippen molar-refractivity contribution in [3.63, 3.8) is 0 Å². The molecule has 120 valence electrons. The van der Waals surface area contributed by atoms with Crippen LogP contribution < -0.4 is 16.2 Å². The first-order chi connectivity index (χ1) is 10.3. The molecule has 0 radical (unpaired) electrons. The Morgan fingerprint density at radius 3 is 2.68 bits per heavy atom. The van der Waals surface area contributed by atoms with Crippen LogP contribution >= 0.6 is 23.8 Å². The molecule has 1 atom stereocenters. The molecule has 0 unspecified atom stereocenters. The number of hydrogen-bond donors (Lipinski definition) is 3. The summed E-state index contributed by atoms with van der Waals surface area (Å²) >= 11 is 10.6. The minimum atomic E-state index is -3.12. The zero-order valence-corrected chi connectivity index (χ0v) is 13.6. The minimum Gasteiger partial charge on any atom is -0.331 e. The summed E-state index contributed by atoms with van der Waals surface area (Å²) in [7, 11) is -3.12. The van der Waals surface area contributed by atoms with Crippen molar-refractivity contribution in [1.29, 1.82) is 0 Å². The van der Waals surface area contributed by atoms with Gasteiger partial charge in [-0.3, -0.25) is 15.6 Å². The molecular weight excluding hydrogens is 353 g/mol. The molecule has 1 amide bonds. The summed E-state index contributed by atoms with van der Waals surface area (Å²) in [6.07, 6.45) is 0.295. The predicted molar refractivity (Wildman–Crippen MR) is 85.7 cm³/mol. The van der Waals surface area contributed by atoms with E-state index in [2.05, 4.69) is 16.2 Å². The van der Waals surface area contributed by atoms with Crippen LogP contribution in [-0.2, 0) is 14.6 Å². The van der Waals surface area contributed by atoms with E-state index in [-0.39, 0.29) is 21.6 Å². The number of nitrogens with one attached hydrogen (secondary N) is 3. The number of hydrazine groups is 1. The zero-order valence-electron chi connectivity index (χ0n) is 11.2. The standard InChI is InChI=1S/C12H13ClFN3O3S2/c13-9-5-8(1-2-10(9)14)15-12(21)17-16-11(18)7-3-4-22(19,20)6-7/h1-2,5,7H,3-4,6H2,(H,16,18)(H2,15,17,21)/t7-/m0/s1. The number of anilines is 1. The molecule has 0 spiro atoms. The van der Waals surface area contributed by atoms with Crippen LogP contribution in [0.5, 0.6) is 0 Å². The third-order valence-electron chi connectivity index (χ3n) is 3.08. The zero-order chi connectivity index (χ0) is 16.3. The van der Waals surface area contributed by atoms with Gasteiger partial charge in [-0.2, -0.15) is 0 Å². The summed E-state index contributed by atoms with van der Waals surface area (Å²) in [5.74, 6) is -1.72. The summed E-state index contributed by atoms with van der Waals surface area (Å²) in [6.45, 7) is 0. The van der Waals surface area contributed by atoms with E-state index in [1.165, 1.54) is 18.2 Å². The number of sulfone groups is 1. The van der Waals surface area contributed by atoms with Gasteiger partial charge in [0.15, 0.2) is 14.9 Å². The smallest absolute Gasteiger partial charge is 0.242 e. The highest BCUT2D eigenvalue weighted by molar-refractivity contribution is 7.91. The van der Waals surface area contributed by atoms with Crippen LogP contribution in [0.2, 0.25) is 5.02 Å². The van der Waals surface area contributed by atoms with E-state index < -0.39 is 27.5 Å². The normalized spacial score (nSPS) is 19.5. The molecule has 10 heteroatoms. The Labute approximate surface area is 137 Å². The van der Waals surface area contributed by atoms with E-state index in [1.807, 2.05) is 0 Å². The molecule has 1 aliphatic rings. The molecule has 6 nitrogen and oxygen atoms in total. The van der Waals surface area contributed by atoms with Gasteiger partial charge in [-0.15, -0.1) is 0 Å². The Hall–Kier alpha value is -1.45. The molecular formula is C12H13ClFN3O3S2. The molecule has 1 saturated heterocycles. The average molecular weight is 366 g/mol. The Bertz CT molecular complexity index is 712. The van der Waals surface area contributed by atoms with E-state index in [0.717, 1.165) is 0 Å². The fraction of sp³-hybridized carbons (Fsp3) is 0.333. The maximum Gasteiger partial charge on any atom is 0.242 e. The monoisotopic (exact) mass is 365 g/mol. The van der Waals surface area contributed by atoms with Crippen LogP contribution in [0.3, 0.4) is 0 Å². The largest absolute Gasteiger partial charge is 0.331 e. The Morgan fingerprint density at radius 2 is 2.09 bits per heavy atom. The highest BCUT2D eigenvalue weighted by Gasteiger charge is 2.32. The summed E-state index contributed by atoms with van der Waals surface area (Å²) in [4.78, 5) is 11.8. The van der Waals surface area contributed by atoms with Crippen LogP contribution in [0, 0.1) is 11.7 Å². The Morgan fingerprint density at radius 1 is 1.36 bits per heavy atom. The van der Waals surface area contributed by atoms with E-state index >= 15 is 0 Å². The van der Waals surface area contributed by atoms with Gasteiger partial charge in [0.05, 0.1) is 22.4 Å². The number of rotatable bonds is 2. The van der Waals surface area contributed by atoms with E-state index in [9.17, 15) is 17.6 Å². The molecule has 2 rings (SSSR count). The maximum absolute atomic E-state index is 13.0. The third-order valence-corrected chi connectivity index (χ3v) is 5.34. The van der Waals surface area contributed by atoms with Gasteiger partial charge >= 0.3 is 0 Å². The van der Waals surface area contributed by atoms with Crippen molar-refractivity contribution in [3.05, 3.63) is 29.0 Å². The number of carbonyl (C=O) groups is 1. The van der Waals surface area contributed by atoms with Crippen LogP contribution in [0.25, 0.3) is 0 Å². The van der Waals surface area contributed by atoms with Crippen molar-refractivity contribution in [2.24, 2.45) is 5.92 Å². The quantitative estimate of drug-likeness (QED) is 0.540. The van der Waals surface area contributed by atoms with Gasteiger partial charge in [-0.1, -0.05) is 11.6 Å². The van der Waals surface area contributed by atoms with Gasteiger partial charge in [-0.05, 0) is 36.8 Å². The first-order valence-corrected chi connectivity index (χ1v) is 8.90. The molecule has 0 saturated carbocycles. The van der Waals surface area contributed by atoms with Gasteiger partial charge in [0.2, 0.25) is 5.91 Å². The molecule has 1 aliphatic heterocycles. The van der Waals surface area contributed by atoms with Crippen molar-refractivity contribution < 1.29 is 17.6 Å². The number of halogens is 2. The summed E-state index contributed by atoms with van der Waals surface area (Å²) in [5.41, 5.74) is 5.25. The van der Waals surface area contributed by atoms with E-state index in [4.69, 9.17) is 23.8 Å². The highest BCUT2D eigenvalue weighted by Crippen LogP contribution is 2.19. The molecule has 1 fully saturated rings. The second-order valence-electron chi connectivity index (χ2n) is 4.80. The number of amides is 1. The van der Waals surface area contributed by atoms with Crippen molar-refractivity contribution in [2.75, 3.05) is 16.8 Å².